The fourth-order valence-corrected chi connectivity index (χ4v) is 0.989. The number of hydrogen-bond acceptors (Lipinski definition) is 3. The number of carbonyl (C=O) groups excluding carboxylic acids is 2. The third kappa shape index (κ3) is 4.05. The number of halogens is 1. The number of carbonyl (C=O) groups is 2. The van der Waals surface area contributed by atoms with Gasteiger partial charge in [-0.15, -0.1) is 0 Å². The molecule has 0 aliphatic carbocycles. The summed E-state index contributed by atoms with van der Waals surface area (Å²) in [4.78, 5) is 22.0. The van der Waals surface area contributed by atoms with Crippen LogP contribution in [0.5, 0.6) is 0 Å². The first-order valence-corrected chi connectivity index (χ1v) is 4.64. The molecule has 0 saturated heterocycles. The van der Waals surface area contributed by atoms with Crippen LogP contribution in [0.1, 0.15) is 0 Å². The fraction of sp³-hybridized carbons (Fsp3) is 0.200. The summed E-state index contributed by atoms with van der Waals surface area (Å²) in [5.74, 6) is -1.18. The number of rotatable bonds is 4. The lowest BCUT2D eigenvalue weighted by Crippen LogP contribution is -2.36. The Balaban J connectivity index is 2.40. The van der Waals surface area contributed by atoms with Crippen LogP contribution in [-0.2, 0) is 9.59 Å². The molecule has 0 aliphatic rings. The Hall–Kier alpha value is -1.95. The second kappa shape index (κ2) is 5.82. The molecule has 0 aromatic heterocycles. The summed E-state index contributed by atoms with van der Waals surface area (Å²) in [5.41, 5.74) is 5.51. The normalized spacial score (nSPS) is 9.62. The van der Waals surface area contributed by atoms with Gasteiger partial charge in [-0.1, -0.05) is 0 Å². The summed E-state index contributed by atoms with van der Waals surface area (Å²) >= 11 is 0. The Bertz CT molecular complexity index is 378. The molecule has 0 atom stereocenters. The van der Waals surface area contributed by atoms with Crippen molar-refractivity contribution in [2.24, 2.45) is 5.73 Å². The third-order valence-electron chi connectivity index (χ3n) is 1.76. The van der Waals surface area contributed by atoms with E-state index in [1.807, 2.05) is 0 Å². The fourth-order valence-electron chi connectivity index (χ4n) is 0.989. The van der Waals surface area contributed by atoms with Crippen LogP contribution in [0, 0.1) is 5.82 Å². The molecule has 0 saturated carbocycles. The average molecular weight is 225 g/mol. The molecule has 0 heterocycles. The third-order valence-corrected chi connectivity index (χ3v) is 1.76. The van der Waals surface area contributed by atoms with Crippen molar-refractivity contribution in [1.29, 1.82) is 0 Å². The Labute approximate surface area is 91.8 Å². The van der Waals surface area contributed by atoms with Crippen LogP contribution in [0.4, 0.5) is 10.1 Å². The first-order chi connectivity index (χ1) is 7.61. The zero-order valence-corrected chi connectivity index (χ0v) is 8.50. The second-order valence-corrected chi connectivity index (χ2v) is 3.04. The zero-order chi connectivity index (χ0) is 12.0. The van der Waals surface area contributed by atoms with Gasteiger partial charge in [0.1, 0.15) is 5.82 Å². The van der Waals surface area contributed by atoms with Gasteiger partial charge >= 0.3 is 0 Å². The average Bonchev–Trinajstić information content (AvgIpc) is 2.29. The van der Waals surface area contributed by atoms with Crippen LogP contribution < -0.4 is 16.4 Å². The number of nitrogens with one attached hydrogen (secondary N) is 2. The molecule has 0 unspecified atom stereocenters. The highest BCUT2D eigenvalue weighted by atomic mass is 19.1. The molecule has 86 valence electrons. The Morgan fingerprint density at radius 3 is 2.38 bits per heavy atom. The van der Waals surface area contributed by atoms with Crippen molar-refractivity contribution in [3.8, 4) is 0 Å². The number of anilines is 1. The number of benzene rings is 1. The molecule has 4 N–H and O–H groups in total. The molecule has 1 aromatic carbocycles. The van der Waals surface area contributed by atoms with Crippen LogP contribution in [-0.4, -0.2) is 24.9 Å². The van der Waals surface area contributed by atoms with E-state index in [0.29, 0.717) is 5.69 Å². The molecular formula is C10H12FN3O2. The minimum atomic E-state index is -0.408. The molecule has 0 radical (unpaired) electrons. The van der Waals surface area contributed by atoms with E-state index in [1.165, 1.54) is 24.3 Å². The van der Waals surface area contributed by atoms with Crippen LogP contribution in [0.25, 0.3) is 0 Å². The maximum atomic E-state index is 12.5. The number of nitrogens with two attached hydrogens (primary N) is 1. The van der Waals surface area contributed by atoms with Gasteiger partial charge in [-0.25, -0.2) is 4.39 Å². The van der Waals surface area contributed by atoms with E-state index in [9.17, 15) is 14.0 Å². The first-order valence-electron chi connectivity index (χ1n) is 4.64. The van der Waals surface area contributed by atoms with Crippen LogP contribution in [0.2, 0.25) is 0 Å². The predicted octanol–water partition coefficient (Wildman–Crippen LogP) is -0.161. The van der Waals surface area contributed by atoms with Gasteiger partial charge in [0.25, 0.3) is 0 Å². The minimum Gasteiger partial charge on any atom is -0.346 e. The first kappa shape index (κ1) is 12.1. The van der Waals surface area contributed by atoms with Crippen molar-refractivity contribution in [2.45, 2.75) is 0 Å². The molecule has 0 spiro atoms. The monoisotopic (exact) mass is 225 g/mol. The van der Waals surface area contributed by atoms with E-state index in [2.05, 4.69) is 10.6 Å². The highest BCUT2D eigenvalue weighted by Crippen LogP contribution is 2.07. The van der Waals surface area contributed by atoms with Crippen LogP contribution in [0.3, 0.4) is 0 Å². The summed E-state index contributed by atoms with van der Waals surface area (Å²) in [5, 5.41) is 4.80. The summed E-state index contributed by atoms with van der Waals surface area (Å²) in [6.45, 7) is -0.322. The standard InChI is InChI=1S/C10H12FN3O2/c11-7-1-3-8(4-2-7)14-10(16)6-13-9(15)5-12/h1-4H,5-6,12H2,(H,13,15)(H,14,16). The van der Waals surface area contributed by atoms with E-state index in [4.69, 9.17) is 5.73 Å². The lowest BCUT2D eigenvalue weighted by atomic mass is 10.3. The molecule has 5 nitrogen and oxygen atoms in total. The van der Waals surface area contributed by atoms with Crippen LogP contribution in [0.15, 0.2) is 24.3 Å². The van der Waals surface area contributed by atoms with E-state index in [1.54, 1.807) is 0 Å². The molecular weight excluding hydrogens is 213 g/mol. The SMILES string of the molecule is NCC(=O)NCC(=O)Nc1ccc(F)cc1. The second-order valence-electron chi connectivity index (χ2n) is 3.04. The molecule has 6 heteroatoms. The van der Waals surface area contributed by atoms with Gasteiger partial charge in [0, 0.05) is 5.69 Å². The van der Waals surface area contributed by atoms with Crippen molar-refractivity contribution < 1.29 is 14.0 Å². The van der Waals surface area contributed by atoms with Crippen molar-refractivity contribution in [3.63, 3.8) is 0 Å². The lowest BCUT2D eigenvalue weighted by molar-refractivity contribution is -0.123. The van der Waals surface area contributed by atoms with E-state index < -0.39 is 11.8 Å². The highest BCUT2D eigenvalue weighted by Gasteiger charge is 2.04. The van der Waals surface area contributed by atoms with Gasteiger partial charge in [-0.2, -0.15) is 0 Å². The van der Waals surface area contributed by atoms with E-state index in [-0.39, 0.29) is 18.9 Å². The van der Waals surface area contributed by atoms with Crippen molar-refractivity contribution in [2.75, 3.05) is 18.4 Å². The van der Waals surface area contributed by atoms with E-state index >= 15 is 0 Å². The highest BCUT2D eigenvalue weighted by molar-refractivity contribution is 5.94. The zero-order valence-electron chi connectivity index (χ0n) is 8.50. The van der Waals surface area contributed by atoms with Gasteiger partial charge in [-0.05, 0) is 24.3 Å². The molecule has 1 rings (SSSR count). The molecule has 16 heavy (non-hydrogen) atoms. The van der Waals surface area contributed by atoms with Gasteiger partial charge < -0.3 is 16.4 Å². The van der Waals surface area contributed by atoms with Gasteiger partial charge in [0.15, 0.2) is 0 Å². The summed E-state index contributed by atoms with van der Waals surface area (Å²) < 4.78 is 12.5. The minimum absolute atomic E-state index is 0.159. The summed E-state index contributed by atoms with van der Waals surface area (Å²) in [6.07, 6.45) is 0. The predicted molar refractivity (Wildman–Crippen MR) is 57.1 cm³/mol. The molecule has 0 fully saturated rings. The number of amides is 2. The van der Waals surface area contributed by atoms with Crippen LogP contribution >= 0.6 is 0 Å². The van der Waals surface area contributed by atoms with Crippen molar-refractivity contribution >= 4 is 17.5 Å². The molecule has 1 aromatic rings. The lowest BCUT2D eigenvalue weighted by Gasteiger charge is -2.05. The van der Waals surface area contributed by atoms with Gasteiger partial charge in [0.05, 0.1) is 13.1 Å². The Kier molecular flexibility index (Phi) is 4.41. The Morgan fingerprint density at radius 1 is 1.19 bits per heavy atom. The maximum absolute atomic E-state index is 12.5. The van der Waals surface area contributed by atoms with Gasteiger partial charge in [-0.3, -0.25) is 9.59 Å². The maximum Gasteiger partial charge on any atom is 0.243 e. The molecule has 0 bridgehead atoms. The Morgan fingerprint density at radius 2 is 1.81 bits per heavy atom. The van der Waals surface area contributed by atoms with Crippen molar-refractivity contribution in [1.82, 2.24) is 5.32 Å². The summed E-state index contributed by atoms with van der Waals surface area (Å²) in [6, 6.07) is 5.32. The molecule has 0 aliphatic heterocycles. The smallest absolute Gasteiger partial charge is 0.243 e. The van der Waals surface area contributed by atoms with Gasteiger partial charge in [0.2, 0.25) is 11.8 Å². The topological polar surface area (TPSA) is 84.2 Å². The quantitative estimate of drug-likeness (QED) is 0.665. The van der Waals surface area contributed by atoms with Crippen molar-refractivity contribution in [3.05, 3.63) is 30.1 Å². The number of hydrogen-bond donors (Lipinski definition) is 3. The molecule has 2 amide bonds. The van der Waals surface area contributed by atoms with E-state index in [0.717, 1.165) is 0 Å². The largest absolute Gasteiger partial charge is 0.346 e. The summed E-state index contributed by atoms with van der Waals surface area (Å²) in [7, 11) is 0.